The number of amides is 3. The lowest BCUT2D eigenvalue weighted by Gasteiger charge is -2.11. The number of hydrogen-bond donors (Lipinski definition) is 1. The van der Waals surface area contributed by atoms with Crippen LogP contribution in [0.4, 0.5) is 9.18 Å². The van der Waals surface area contributed by atoms with Crippen LogP contribution in [-0.2, 0) is 11.3 Å². The monoisotopic (exact) mass is 286 g/mol. The van der Waals surface area contributed by atoms with Gasteiger partial charge >= 0.3 is 6.03 Å². The van der Waals surface area contributed by atoms with Crippen molar-refractivity contribution in [1.29, 1.82) is 0 Å². The Hall–Kier alpha value is -2.89. The highest BCUT2D eigenvalue weighted by Gasteiger charge is 2.33. The van der Waals surface area contributed by atoms with Gasteiger partial charge in [0.2, 0.25) is 0 Å². The lowest BCUT2D eigenvalue weighted by atomic mass is 10.2. The van der Waals surface area contributed by atoms with E-state index in [0.29, 0.717) is 11.3 Å². The van der Waals surface area contributed by atoms with Crippen LogP contribution in [0.25, 0.3) is 6.08 Å². The van der Waals surface area contributed by atoms with Crippen LogP contribution in [0, 0.1) is 5.82 Å². The minimum atomic E-state index is -0.512. The molecule has 1 aliphatic heterocycles. The molecule has 0 aliphatic carbocycles. The fraction of sp³-hybridized carbons (Fsp3) is 0.0667. The van der Waals surface area contributed by atoms with Crippen molar-refractivity contribution in [3.8, 4) is 0 Å². The lowest BCUT2D eigenvalue weighted by Crippen LogP contribution is -2.30. The van der Waals surface area contributed by atoms with E-state index in [-0.39, 0.29) is 18.1 Å². The van der Waals surface area contributed by atoms with E-state index in [4.69, 9.17) is 4.42 Å². The van der Waals surface area contributed by atoms with E-state index < -0.39 is 11.9 Å². The molecule has 3 rings (SSSR count). The Morgan fingerprint density at radius 3 is 2.62 bits per heavy atom. The van der Waals surface area contributed by atoms with E-state index in [1.807, 2.05) is 0 Å². The van der Waals surface area contributed by atoms with Gasteiger partial charge in [0.15, 0.2) is 0 Å². The van der Waals surface area contributed by atoms with Crippen molar-refractivity contribution in [3.63, 3.8) is 0 Å². The van der Waals surface area contributed by atoms with E-state index in [2.05, 4.69) is 5.32 Å². The summed E-state index contributed by atoms with van der Waals surface area (Å²) in [5.74, 6) is -0.336. The Labute approximate surface area is 119 Å². The number of carbonyl (C=O) groups excluding carboxylic acids is 2. The third-order valence-corrected chi connectivity index (χ3v) is 3.05. The van der Waals surface area contributed by atoms with Crippen LogP contribution in [0.2, 0.25) is 0 Å². The third-order valence-electron chi connectivity index (χ3n) is 3.05. The van der Waals surface area contributed by atoms with Crippen LogP contribution in [0.1, 0.15) is 11.3 Å². The maximum Gasteiger partial charge on any atom is 0.329 e. The standard InChI is InChI=1S/C15H11FN2O3/c16-11-5-3-10(4-6-11)9-18-14(19)13(17-15(18)20)8-12-2-1-7-21-12/h1-8H,9H2,(H,17,20)/b13-8-. The molecule has 6 heteroatoms. The predicted octanol–water partition coefficient (Wildman–Crippen LogP) is 2.51. The Morgan fingerprint density at radius 1 is 1.19 bits per heavy atom. The molecule has 0 unspecified atom stereocenters. The molecule has 1 aromatic heterocycles. The number of urea groups is 1. The molecule has 0 atom stereocenters. The fourth-order valence-corrected chi connectivity index (χ4v) is 2.00. The second-order valence-electron chi connectivity index (χ2n) is 4.52. The molecule has 0 radical (unpaired) electrons. The molecule has 2 heterocycles. The molecule has 5 nitrogen and oxygen atoms in total. The molecule has 2 aromatic rings. The summed E-state index contributed by atoms with van der Waals surface area (Å²) >= 11 is 0. The first-order chi connectivity index (χ1) is 10.1. The fourth-order valence-electron chi connectivity index (χ4n) is 2.00. The van der Waals surface area contributed by atoms with Gasteiger partial charge in [0.05, 0.1) is 12.8 Å². The SMILES string of the molecule is O=C1N/C(=C\c2ccco2)C(=O)N1Cc1ccc(F)cc1. The third kappa shape index (κ3) is 2.69. The van der Waals surface area contributed by atoms with Crippen LogP contribution in [-0.4, -0.2) is 16.8 Å². The number of carbonyl (C=O) groups is 2. The molecule has 106 valence electrons. The molecule has 1 fully saturated rings. The maximum absolute atomic E-state index is 12.8. The zero-order chi connectivity index (χ0) is 14.8. The number of rotatable bonds is 3. The van der Waals surface area contributed by atoms with Gasteiger partial charge in [0.25, 0.3) is 5.91 Å². The minimum Gasteiger partial charge on any atom is -0.465 e. The maximum atomic E-state index is 12.8. The Kier molecular flexibility index (Phi) is 3.27. The summed E-state index contributed by atoms with van der Waals surface area (Å²) in [4.78, 5) is 25.1. The second kappa shape index (κ2) is 5.24. The zero-order valence-corrected chi connectivity index (χ0v) is 10.9. The number of hydrogen-bond acceptors (Lipinski definition) is 3. The highest BCUT2D eigenvalue weighted by molar-refractivity contribution is 6.13. The number of nitrogens with one attached hydrogen (secondary N) is 1. The largest absolute Gasteiger partial charge is 0.465 e. The average molecular weight is 286 g/mol. The van der Waals surface area contributed by atoms with Gasteiger partial charge in [0, 0.05) is 6.08 Å². The van der Waals surface area contributed by atoms with Crippen molar-refractivity contribution in [2.75, 3.05) is 0 Å². The van der Waals surface area contributed by atoms with Crippen LogP contribution < -0.4 is 5.32 Å². The highest BCUT2D eigenvalue weighted by atomic mass is 19.1. The smallest absolute Gasteiger partial charge is 0.329 e. The molecule has 1 N–H and O–H groups in total. The van der Waals surface area contributed by atoms with Crippen LogP contribution in [0.15, 0.2) is 52.8 Å². The number of halogens is 1. The van der Waals surface area contributed by atoms with E-state index >= 15 is 0 Å². The van der Waals surface area contributed by atoms with Gasteiger partial charge in [-0.3, -0.25) is 9.69 Å². The summed E-state index contributed by atoms with van der Waals surface area (Å²) in [5, 5.41) is 2.49. The van der Waals surface area contributed by atoms with Gasteiger partial charge < -0.3 is 9.73 Å². The van der Waals surface area contributed by atoms with E-state index in [1.54, 1.807) is 12.1 Å². The number of benzene rings is 1. The molecular weight excluding hydrogens is 275 g/mol. The minimum absolute atomic E-state index is 0.0838. The van der Waals surface area contributed by atoms with E-state index in [9.17, 15) is 14.0 Å². The van der Waals surface area contributed by atoms with Gasteiger partial charge in [0.1, 0.15) is 17.3 Å². The van der Waals surface area contributed by atoms with Crippen molar-refractivity contribution in [1.82, 2.24) is 10.2 Å². The molecule has 1 aromatic carbocycles. The van der Waals surface area contributed by atoms with Crippen LogP contribution in [0.5, 0.6) is 0 Å². The molecule has 1 aliphatic rings. The normalized spacial score (nSPS) is 16.6. The van der Waals surface area contributed by atoms with Gasteiger partial charge in [-0.05, 0) is 29.8 Å². The van der Waals surface area contributed by atoms with Crippen LogP contribution in [0.3, 0.4) is 0 Å². The molecule has 0 bridgehead atoms. The number of nitrogens with zero attached hydrogens (tertiary/aromatic N) is 1. The predicted molar refractivity (Wildman–Crippen MR) is 72.2 cm³/mol. The van der Waals surface area contributed by atoms with Gasteiger partial charge in [-0.25, -0.2) is 9.18 Å². The summed E-state index contributed by atoms with van der Waals surface area (Å²) in [7, 11) is 0. The number of imide groups is 1. The van der Waals surface area contributed by atoms with Crippen molar-refractivity contribution in [2.24, 2.45) is 0 Å². The van der Waals surface area contributed by atoms with Gasteiger partial charge in [-0.1, -0.05) is 12.1 Å². The summed E-state index contributed by atoms with van der Waals surface area (Å²) in [6.45, 7) is 0.0838. The van der Waals surface area contributed by atoms with Crippen LogP contribution >= 0.6 is 0 Å². The molecule has 0 spiro atoms. The van der Waals surface area contributed by atoms with Crippen molar-refractivity contribution in [3.05, 3.63) is 65.5 Å². The Balaban J connectivity index is 1.79. The molecule has 0 saturated carbocycles. The summed E-state index contributed by atoms with van der Waals surface area (Å²) in [6.07, 6.45) is 2.94. The quantitative estimate of drug-likeness (QED) is 0.696. The van der Waals surface area contributed by atoms with E-state index in [1.165, 1.54) is 36.6 Å². The van der Waals surface area contributed by atoms with Crippen molar-refractivity contribution >= 4 is 18.0 Å². The highest BCUT2D eigenvalue weighted by Crippen LogP contribution is 2.17. The molecule has 21 heavy (non-hydrogen) atoms. The Morgan fingerprint density at radius 2 is 1.95 bits per heavy atom. The second-order valence-corrected chi connectivity index (χ2v) is 4.52. The lowest BCUT2D eigenvalue weighted by molar-refractivity contribution is -0.123. The first-order valence-corrected chi connectivity index (χ1v) is 6.26. The Bertz CT molecular complexity index is 705. The first kappa shape index (κ1) is 13.1. The molecule has 3 amide bonds. The number of furan rings is 1. The average Bonchev–Trinajstić information content (AvgIpc) is 3.06. The van der Waals surface area contributed by atoms with Gasteiger partial charge in [-0.2, -0.15) is 0 Å². The summed E-state index contributed by atoms with van der Waals surface area (Å²) in [6, 6.07) is 8.48. The topological polar surface area (TPSA) is 62.6 Å². The van der Waals surface area contributed by atoms with Crippen molar-refractivity contribution < 1.29 is 18.4 Å². The summed E-state index contributed by atoms with van der Waals surface area (Å²) < 4.78 is 18.0. The first-order valence-electron chi connectivity index (χ1n) is 6.26. The van der Waals surface area contributed by atoms with Gasteiger partial charge in [-0.15, -0.1) is 0 Å². The summed E-state index contributed by atoms with van der Waals surface area (Å²) in [5.41, 5.74) is 0.816. The van der Waals surface area contributed by atoms with Crippen molar-refractivity contribution in [2.45, 2.75) is 6.54 Å². The van der Waals surface area contributed by atoms with E-state index in [0.717, 1.165) is 4.90 Å². The zero-order valence-electron chi connectivity index (χ0n) is 10.9. The molecule has 1 saturated heterocycles. The molecular formula is C15H11FN2O3.